The van der Waals surface area contributed by atoms with Crippen LogP contribution in [0.5, 0.6) is 0 Å². The highest BCUT2D eigenvalue weighted by Gasteiger charge is 2.13. The van der Waals surface area contributed by atoms with Gasteiger partial charge in [-0.05, 0) is 20.3 Å². The van der Waals surface area contributed by atoms with E-state index in [2.05, 4.69) is 27.4 Å². The van der Waals surface area contributed by atoms with Crippen molar-refractivity contribution in [2.24, 2.45) is 0 Å². The van der Waals surface area contributed by atoms with Gasteiger partial charge in [-0.15, -0.1) is 5.10 Å². The van der Waals surface area contributed by atoms with Gasteiger partial charge in [0.05, 0.1) is 0 Å². The van der Waals surface area contributed by atoms with Gasteiger partial charge in [0.15, 0.2) is 0 Å². The van der Waals surface area contributed by atoms with Gasteiger partial charge in [0, 0.05) is 6.04 Å². The number of H-pyrrole nitrogens is 1. The van der Waals surface area contributed by atoms with E-state index in [1.54, 1.807) is 6.92 Å². The van der Waals surface area contributed by atoms with Gasteiger partial charge in [-0.1, -0.05) is 26.2 Å². The average Bonchev–Trinajstić information content (AvgIpc) is 2.65. The minimum Gasteiger partial charge on any atom is -0.347 e. The fraction of sp³-hybridized carbons (Fsp3) is 0.727. The third kappa shape index (κ3) is 4.00. The second kappa shape index (κ2) is 6.25. The zero-order valence-electron chi connectivity index (χ0n) is 10.2. The van der Waals surface area contributed by atoms with Crippen molar-refractivity contribution in [1.29, 1.82) is 0 Å². The van der Waals surface area contributed by atoms with Crippen molar-refractivity contribution in [3.63, 3.8) is 0 Å². The normalized spacial score (nSPS) is 12.4. The smallest absolute Gasteiger partial charge is 0.291 e. The molecule has 16 heavy (non-hydrogen) atoms. The number of carbonyl (C=O) groups excluding carboxylic acids is 1. The molecule has 1 aromatic rings. The highest BCUT2D eigenvalue weighted by molar-refractivity contribution is 5.90. The summed E-state index contributed by atoms with van der Waals surface area (Å²) in [6.07, 6.45) is 4.55. The van der Waals surface area contributed by atoms with Crippen molar-refractivity contribution in [3.05, 3.63) is 11.6 Å². The van der Waals surface area contributed by atoms with Gasteiger partial charge >= 0.3 is 0 Å². The predicted molar refractivity (Wildman–Crippen MR) is 62.2 cm³/mol. The maximum absolute atomic E-state index is 11.6. The third-order valence-corrected chi connectivity index (χ3v) is 2.42. The van der Waals surface area contributed by atoms with E-state index < -0.39 is 0 Å². The molecule has 0 aliphatic heterocycles. The van der Waals surface area contributed by atoms with Crippen molar-refractivity contribution in [2.75, 3.05) is 0 Å². The number of nitrogens with zero attached hydrogens (tertiary/aromatic N) is 2. The Balaban J connectivity index is 2.33. The highest BCUT2D eigenvalue weighted by atomic mass is 16.2. The van der Waals surface area contributed by atoms with Crippen LogP contribution in [0.2, 0.25) is 0 Å². The molecular weight excluding hydrogens is 204 g/mol. The minimum absolute atomic E-state index is 0.179. The minimum atomic E-state index is -0.201. The number of aromatic amines is 1. The van der Waals surface area contributed by atoms with Crippen LogP contribution in [0.25, 0.3) is 0 Å². The van der Waals surface area contributed by atoms with Crippen LogP contribution in [0.15, 0.2) is 0 Å². The summed E-state index contributed by atoms with van der Waals surface area (Å²) in [5, 5.41) is 9.35. The number of carbonyl (C=O) groups is 1. The number of amides is 1. The van der Waals surface area contributed by atoms with E-state index in [9.17, 15) is 4.79 Å². The summed E-state index contributed by atoms with van der Waals surface area (Å²) >= 11 is 0. The molecule has 0 saturated carbocycles. The topological polar surface area (TPSA) is 70.7 Å². The summed E-state index contributed by atoms with van der Waals surface area (Å²) in [5.41, 5.74) is 0. The second-order valence-corrected chi connectivity index (χ2v) is 4.11. The van der Waals surface area contributed by atoms with Crippen LogP contribution in [0, 0.1) is 6.92 Å². The van der Waals surface area contributed by atoms with E-state index in [0.29, 0.717) is 5.82 Å². The Morgan fingerprint density at radius 3 is 2.81 bits per heavy atom. The molecule has 1 amide bonds. The molecule has 1 atom stereocenters. The van der Waals surface area contributed by atoms with Crippen molar-refractivity contribution in [1.82, 2.24) is 20.5 Å². The van der Waals surface area contributed by atoms with E-state index in [0.717, 1.165) is 12.8 Å². The molecule has 1 heterocycles. The number of aromatic nitrogens is 3. The lowest BCUT2D eigenvalue weighted by Crippen LogP contribution is -2.33. The zero-order valence-corrected chi connectivity index (χ0v) is 10.2. The van der Waals surface area contributed by atoms with Gasteiger partial charge in [0.2, 0.25) is 5.82 Å². The summed E-state index contributed by atoms with van der Waals surface area (Å²) in [6, 6.07) is 0.179. The van der Waals surface area contributed by atoms with Gasteiger partial charge in [-0.2, -0.15) is 0 Å². The lowest BCUT2D eigenvalue weighted by Gasteiger charge is -2.11. The third-order valence-electron chi connectivity index (χ3n) is 2.42. The van der Waals surface area contributed by atoms with E-state index in [-0.39, 0.29) is 17.8 Å². The summed E-state index contributed by atoms with van der Waals surface area (Å²) in [5.74, 6) is 0.678. The Labute approximate surface area is 96.0 Å². The fourth-order valence-electron chi connectivity index (χ4n) is 1.51. The molecule has 0 aromatic carbocycles. The monoisotopic (exact) mass is 224 g/mol. The van der Waals surface area contributed by atoms with Crippen LogP contribution in [0.3, 0.4) is 0 Å². The molecule has 0 bridgehead atoms. The quantitative estimate of drug-likeness (QED) is 0.724. The van der Waals surface area contributed by atoms with Crippen molar-refractivity contribution < 1.29 is 4.79 Å². The maximum Gasteiger partial charge on any atom is 0.291 e. The van der Waals surface area contributed by atoms with Gasteiger partial charge in [-0.25, -0.2) is 4.98 Å². The van der Waals surface area contributed by atoms with Gasteiger partial charge < -0.3 is 5.32 Å². The predicted octanol–water partition coefficient (Wildman–Crippen LogP) is 1.81. The number of hydrogen-bond acceptors (Lipinski definition) is 3. The first-order chi connectivity index (χ1) is 7.63. The number of rotatable bonds is 6. The molecule has 2 N–H and O–H groups in total. The first-order valence-electron chi connectivity index (χ1n) is 5.83. The molecule has 1 rings (SSSR count). The molecule has 0 spiro atoms. The SMILES string of the molecule is CCCCCC(C)NC(=O)c1n[nH]c(C)n1. The van der Waals surface area contributed by atoms with Crippen molar-refractivity contribution >= 4 is 5.91 Å². The summed E-state index contributed by atoms with van der Waals surface area (Å²) in [4.78, 5) is 15.6. The number of nitrogens with one attached hydrogen (secondary N) is 2. The van der Waals surface area contributed by atoms with Gasteiger partial charge in [0.25, 0.3) is 5.91 Å². The molecule has 5 heteroatoms. The number of unbranched alkanes of at least 4 members (excludes halogenated alkanes) is 2. The van der Waals surface area contributed by atoms with Crippen LogP contribution in [-0.2, 0) is 0 Å². The molecule has 0 saturated heterocycles. The van der Waals surface area contributed by atoms with E-state index >= 15 is 0 Å². The van der Waals surface area contributed by atoms with Crippen LogP contribution < -0.4 is 5.32 Å². The summed E-state index contributed by atoms with van der Waals surface area (Å²) in [7, 11) is 0. The largest absolute Gasteiger partial charge is 0.347 e. The zero-order chi connectivity index (χ0) is 12.0. The molecule has 1 aromatic heterocycles. The van der Waals surface area contributed by atoms with Gasteiger partial charge in [-0.3, -0.25) is 9.89 Å². The Morgan fingerprint density at radius 2 is 2.25 bits per heavy atom. The second-order valence-electron chi connectivity index (χ2n) is 4.11. The molecule has 0 aliphatic rings. The van der Waals surface area contributed by atoms with E-state index in [4.69, 9.17) is 0 Å². The molecular formula is C11H20N4O. The lowest BCUT2D eigenvalue weighted by atomic mass is 10.1. The Morgan fingerprint density at radius 1 is 1.50 bits per heavy atom. The number of aryl methyl sites for hydroxylation is 1. The lowest BCUT2D eigenvalue weighted by molar-refractivity contribution is 0.0927. The Kier molecular flexibility index (Phi) is 4.95. The van der Waals surface area contributed by atoms with Crippen LogP contribution in [0.4, 0.5) is 0 Å². The molecule has 5 nitrogen and oxygen atoms in total. The van der Waals surface area contributed by atoms with Crippen molar-refractivity contribution in [2.45, 2.75) is 52.5 Å². The first-order valence-corrected chi connectivity index (χ1v) is 5.83. The Hall–Kier alpha value is -1.39. The molecule has 90 valence electrons. The molecule has 0 radical (unpaired) electrons. The highest BCUT2D eigenvalue weighted by Crippen LogP contribution is 2.03. The standard InChI is InChI=1S/C11H20N4O/c1-4-5-6-7-8(2)12-11(16)10-13-9(3)14-15-10/h8H,4-7H2,1-3H3,(H,12,16)(H,13,14,15). The summed E-state index contributed by atoms with van der Waals surface area (Å²) < 4.78 is 0. The van der Waals surface area contributed by atoms with E-state index in [1.165, 1.54) is 12.8 Å². The maximum atomic E-state index is 11.6. The molecule has 0 aliphatic carbocycles. The Bertz CT molecular complexity index is 334. The van der Waals surface area contributed by atoms with Gasteiger partial charge in [0.1, 0.15) is 5.82 Å². The van der Waals surface area contributed by atoms with Crippen LogP contribution >= 0.6 is 0 Å². The van der Waals surface area contributed by atoms with Crippen molar-refractivity contribution in [3.8, 4) is 0 Å². The fourth-order valence-corrected chi connectivity index (χ4v) is 1.51. The molecule has 1 unspecified atom stereocenters. The van der Waals surface area contributed by atoms with Crippen LogP contribution in [0.1, 0.15) is 56.0 Å². The first kappa shape index (κ1) is 12.7. The number of hydrogen-bond donors (Lipinski definition) is 2. The average molecular weight is 224 g/mol. The van der Waals surface area contributed by atoms with E-state index in [1.807, 2.05) is 6.92 Å². The molecule has 0 fully saturated rings. The van der Waals surface area contributed by atoms with Crippen LogP contribution in [-0.4, -0.2) is 27.1 Å². The summed E-state index contributed by atoms with van der Waals surface area (Å²) in [6.45, 7) is 5.95.